The van der Waals surface area contributed by atoms with E-state index in [9.17, 15) is 20.1 Å². The molecule has 0 spiro atoms. The molecule has 0 aliphatic heterocycles. The van der Waals surface area contributed by atoms with Crippen molar-refractivity contribution in [3.63, 3.8) is 0 Å². The quantitative estimate of drug-likeness (QED) is 0.211. The van der Waals surface area contributed by atoms with Gasteiger partial charge in [-0.05, 0) is 84.0 Å². The van der Waals surface area contributed by atoms with Crippen LogP contribution >= 0.6 is 11.3 Å². The molecule has 1 unspecified atom stereocenters. The Hall–Kier alpha value is -3.55. The number of ether oxygens (including phenoxy) is 1. The highest BCUT2D eigenvalue weighted by Gasteiger charge is 2.23. The summed E-state index contributed by atoms with van der Waals surface area (Å²) in [7, 11) is 0. The lowest BCUT2D eigenvalue weighted by Crippen LogP contribution is -2.34. The minimum atomic E-state index is -0.897. The van der Waals surface area contributed by atoms with Crippen molar-refractivity contribution in [2.24, 2.45) is 5.92 Å². The third-order valence-electron chi connectivity index (χ3n) is 6.96. The number of nitrogens with one attached hydrogen (secondary N) is 1. The van der Waals surface area contributed by atoms with Crippen LogP contribution in [0.15, 0.2) is 66.7 Å². The molecule has 4 aromatic rings. The molecule has 5 rings (SSSR count). The maximum Gasteiger partial charge on any atom is 0.223 e. The fraction of sp³-hybridized carbons (Fsp3) is 0.300. The van der Waals surface area contributed by atoms with Gasteiger partial charge >= 0.3 is 0 Å². The van der Waals surface area contributed by atoms with Crippen LogP contribution in [-0.4, -0.2) is 34.4 Å². The van der Waals surface area contributed by atoms with Gasteiger partial charge in [0.25, 0.3) is 0 Å². The highest BCUT2D eigenvalue weighted by molar-refractivity contribution is 7.22. The van der Waals surface area contributed by atoms with E-state index in [2.05, 4.69) is 5.32 Å². The lowest BCUT2D eigenvalue weighted by Gasteiger charge is -2.20. The molecule has 3 aromatic carbocycles. The van der Waals surface area contributed by atoms with E-state index in [1.165, 1.54) is 17.8 Å². The molecule has 1 heterocycles. The molecule has 0 saturated heterocycles. The van der Waals surface area contributed by atoms with Gasteiger partial charge in [-0.3, -0.25) is 4.79 Å². The Morgan fingerprint density at radius 2 is 1.65 bits per heavy atom. The van der Waals surface area contributed by atoms with Gasteiger partial charge in [0.1, 0.15) is 30.0 Å². The van der Waals surface area contributed by atoms with Gasteiger partial charge in [0, 0.05) is 21.1 Å². The van der Waals surface area contributed by atoms with Gasteiger partial charge in [0.05, 0.1) is 6.54 Å². The molecule has 6 nitrogen and oxygen atoms in total. The van der Waals surface area contributed by atoms with Crippen molar-refractivity contribution in [2.45, 2.75) is 38.2 Å². The average molecular weight is 518 g/mol. The number of thiophene rings is 1. The second kappa shape index (κ2) is 11.2. The topological polar surface area (TPSA) is 99.0 Å². The first-order chi connectivity index (χ1) is 18.0. The highest BCUT2D eigenvalue weighted by Crippen LogP contribution is 2.45. The second-order valence-corrected chi connectivity index (χ2v) is 10.6. The van der Waals surface area contributed by atoms with Gasteiger partial charge in [-0.2, -0.15) is 0 Å². The molecule has 1 atom stereocenters. The predicted octanol–water partition coefficient (Wildman–Crippen LogP) is 6.14. The normalized spacial score (nSPS) is 14.9. The summed E-state index contributed by atoms with van der Waals surface area (Å²) in [4.78, 5) is 13.2. The minimum absolute atomic E-state index is 0.127. The van der Waals surface area contributed by atoms with E-state index in [0.717, 1.165) is 51.8 Å². The Morgan fingerprint density at radius 1 is 0.946 bits per heavy atom. The molecule has 1 saturated carbocycles. The molecular formula is C30H31NO5S. The average Bonchev–Trinajstić information content (AvgIpc) is 3.30. The number of aliphatic hydroxyl groups is 1. The van der Waals surface area contributed by atoms with Crippen molar-refractivity contribution in [3.05, 3.63) is 77.9 Å². The Bertz CT molecular complexity index is 1360. The van der Waals surface area contributed by atoms with Crippen LogP contribution < -0.4 is 10.1 Å². The highest BCUT2D eigenvalue weighted by atomic mass is 32.1. The number of phenolic OH excluding ortho intramolecular Hbond substituents is 2. The molecule has 1 aliphatic rings. The molecule has 7 heteroatoms. The van der Waals surface area contributed by atoms with Crippen LogP contribution in [0.2, 0.25) is 0 Å². The summed E-state index contributed by atoms with van der Waals surface area (Å²) < 4.78 is 6.68. The summed E-state index contributed by atoms with van der Waals surface area (Å²) in [6.45, 7) is 0.841. The van der Waals surface area contributed by atoms with Gasteiger partial charge in [0.2, 0.25) is 5.91 Å². The largest absolute Gasteiger partial charge is 0.508 e. The van der Waals surface area contributed by atoms with Gasteiger partial charge in [-0.25, -0.2) is 0 Å². The maximum atomic E-state index is 12.3. The number of aromatic hydroxyl groups is 2. The molecular weight excluding hydrogens is 486 g/mol. The number of hydrogen-bond donors (Lipinski definition) is 4. The predicted molar refractivity (Wildman–Crippen MR) is 146 cm³/mol. The van der Waals surface area contributed by atoms with Gasteiger partial charge in [-0.15, -0.1) is 11.3 Å². The van der Waals surface area contributed by atoms with Crippen LogP contribution in [0.3, 0.4) is 0 Å². The third-order valence-corrected chi connectivity index (χ3v) is 8.17. The molecule has 1 aliphatic carbocycles. The lowest BCUT2D eigenvalue weighted by molar-refractivity contribution is -0.126. The number of aliphatic hydroxyl groups excluding tert-OH is 1. The summed E-state index contributed by atoms with van der Waals surface area (Å²) in [6.07, 6.45) is 4.55. The first kappa shape index (κ1) is 25.1. The van der Waals surface area contributed by atoms with Gasteiger partial charge in [-0.1, -0.05) is 31.4 Å². The van der Waals surface area contributed by atoms with Crippen LogP contribution in [0.5, 0.6) is 17.2 Å². The van der Waals surface area contributed by atoms with E-state index in [0.29, 0.717) is 24.5 Å². The molecule has 37 heavy (non-hydrogen) atoms. The summed E-state index contributed by atoms with van der Waals surface area (Å²) in [6, 6.07) is 19.3. The number of amides is 1. The first-order valence-electron chi connectivity index (χ1n) is 12.7. The van der Waals surface area contributed by atoms with E-state index in [1.807, 2.05) is 42.5 Å². The fourth-order valence-corrected chi connectivity index (χ4v) is 6.24. The molecule has 1 amide bonds. The number of carbonyl (C=O) groups excluding carboxylic acids is 1. The van der Waals surface area contributed by atoms with Crippen molar-refractivity contribution in [1.29, 1.82) is 0 Å². The summed E-state index contributed by atoms with van der Waals surface area (Å²) in [5.74, 6) is 1.28. The zero-order chi connectivity index (χ0) is 25.8. The monoisotopic (exact) mass is 517 g/mol. The molecule has 4 N–H and O–H groups in total. The number of hydrogen-bond acceptors (Lipinski definition) is 6. The van der Waals surface area contributed by atoms with E-state index >= 15 is 0 Å². The van der Waals surface area contributed by atoms with E-state index in [4.69, 9.17) is 4.74 Å². The number of carbonyl (C=O) groups is 1. The number of benzene rings is 3. The van der Waals surface area contributed by atoms with E-state index < -0.39 is 6.10 Å². The van der Waals surface area contributed by atoms with E-state index in [1.54, 1.807) is 24.3 Å². The van der Waals surface area contributed by atoms with Gasteiger partial charge < -0.3 is 25.4 Å². The molecule has 1 aromatic heterocycles. The lowest BCUT2D eigenvalue weighted by atomic mass is 9.89. The molecule has 1 fully saturated rings. The first-order valence-corrected chi connectivity index (χ1v) is 13.5. The smallest absolute Gasteiger partial charge is 0.223 e. The number of fused-ring (bicyclic) bond motifs is 1. The van der Waals surface area contributed by atoms with Crippen molar-refractivity contribution in [2.75, 3.05) is 13.2 Å². The Morgan fingerprint density at radius 3 is 2.38 bits per heavy atom. The van der Waals surface area contributed by atoms with Crippen LogP contribution in [0.25, 0.3) is 20.5 Å². The van der Waals surface area contributed by atoms with Crippen molar-refractivity contribution in [1.82, 2.24) is 5.32 Å². The summed E-state index contributed by atoms with van der Waals surface area (Å²) in [5.41, 5.74) is 2.35. The Kier molecular flexibility index (Phi) is 7.63. The van der Waals surface area contributed by atoms with Crippen LogP contribution in [0, 0.1) is 5.92 Å². The molecule has 0 bridgehead atoms. The zero-order valence-corrected chi connectivity index (χ0v) is 21.3. The van der Waals surface area contributed by atoms with Gasteiger partial charge in [0.15, 0.2) is 0 Å². The van der Waals surface area contributed by atoms with Crippen LogP contribution in [0.1, 0.15) is 49.3 Å². The van der Waals surface area contributed by atoms with E-state index in [-0.39, 0.29) is 23.3 Å². The maximum absolute atomic E-state index is 12.3. The minimum Gasteiger partial charge on any atom is -0.508 e. The number of phenols is 2. The third kappa shape index (κ3) is 5.73. The van der Waals surface area contributed by atoms with Crippen LogP contribution in [-0.2, 0) is 4.79 Å². The van der Waals surface area contributed by atoms with Crippen molar-refractivity contribution in [3.8, 4) is 27.7 Å². The Labute approximate surface area is 220 Å². The Balaban J connectivity index is 1.29. The number of rotatable bonds is 8. The SMILES string of the molecule is O=C(NCCOc1ccc(C(O)c2c(-c3ccc(O)cc3)sc3cc(O)ccc23)cc1)C1CCCCC1. The second-order valence-electron chi connectivity index (χ2n) is 9.52. The standard InChI is InChI=1S/C30H31NO5S/c32-22-10-6-20(7-11-22)29-27(25-15-12-23(33)18-26(25)37-29)28(34)19-8-13-24(14-9-19)36-17-16-31-30(35)21-4-2-1-3-5-21/h6-15,18,21,28,32-34H,1-5,16-17H2,(H,31,35). The summed E-state index contributed by atoms with van der Waals surface area (Å²) in [5, 5.41) is 35.0. The van der Waals surface area contributed by atoms with Crippen LogP contribution in [0.4, 0.5) is 0 Å². The van der Waals surface area contributed by atoms with Crippen molar-refractivity contribution >= 4 is 27.3 Å². The molecule has 192 valence electrons. The summed E-state index contributed by atoms with van der Waals surface area (Å²) >= 11 is 1.49. The fourth-order valence-electron chi connectivity index (χ4n) is 4.97. The zero-order valence-electron chi connectivity index (χ0n) is 20.5. The van der Waals surface area contributed by atoms with Crippen molar-refractivity contribution < 1.29 is 24.9 Å². The molecule has 0 radical (unpaired) electrons.